The van der Waals surface area contributed by atoms with Crippen molar-refractivity contribution in [3.63, 3.8) is 0 Å². The number of ketones is 1. The highest BCUT2D eigenvalue weighted by Crippen LogP contribution is 2.37. The van der Waals surface area contributed by atoms with Gasteiger partial charge in [0.25, 0.3) is 0 Å². The molecule has 0 unspecified atom stereocenters. The Morgan fingerprint density at radius 1 is 0.422 bits per heavy atom. The highest BCUT2D eigenvalue weighted by molar-refractivity contribution is 5.90. The zero-order chi connectivity index (χ0) is 43.4. The van der Waals surface area contributed by atoms with Crippen molar-refractivity contribution in [2.24, 2.45) is 0 Å². The van der Waals surface area contributed by atoms with Crippen LogP contribution in [0.1, 0.15) is 18.9 Å². The van der Waals surface area contributed by atoms with E-state index in [0.29, 0.717) is 23.9 Å². The molecule has 7 nitrogen and oxygen atoms in total. The lowest BCUT2D eigenvalue weighted by Gasteiger charge is -2.15. The molecule has 3 heterocycles. The van der Waals surface area contributed by atoms with Gasteiger partial charge in [-0.05, 0) is 65.4 Å². The van der Waals surface area contributed by atoms with Gasteiger partial charge in [0.05, 0.1) is 28.2 Å². The number of hydrogen-bond acceptors (Lipinski definition) is 7. The normalized spacial score (nSPS) is 11.5. The Kier molecular flexibility index (Phi) is 10.9. The molecule has 0 atom stereocenters. The zero-order valence-corrected chi connectivity index (χ0v) is 35.1. The van der Waals surface area contributed by atoms with Crippen molar-refractivity contribution >= 4 is 27.6 Å². The summed E-state index contributed by atoms with van der Waals surface area (Å²) in [4.78, 5) is 38.3. The second-order valence-electron chi connectivity index (χ2n) is 15.7. The number of aryl methyl sites for hydroxylation is 1. The summed E-state index contributed by atoms with van der Waals surface area (Å²) >= 11 is 0. The van der Waals surface area contributed by atoms with Crippen LogP contribution in [0.3, 0.4) is 0 Å². The van der Waals surface area contributed by atoms with Gasteiger partial charge >= 0.3 is 0 Å². The molecule has 10 aromatic rings. The third-order valence-electron chi connectivity index (χ3n) is 11.4. The van der Waals surface area contributed by atoms with Crippen molar-refractivity contribution < 1.29 is 9.90 Å². The van der Waals surface area contributed by atoms with E-state index < -0.39 is 0 Å². The van der Waals surface area contributed by atoms with Gasteiger partial charge in [-0.15, -0.1) is 0 Å². The van der Waals surface area contributed by atoms with Crippen LogP contribution < -0.4 is 0 Å². The molecule has 0 saturated carbocycles. The Morgan fingerprint density at radius 2 is 0.812 bits per heavy atom. The minimum atomic E-state index is -0.153. The lowest BCUT2D eigenvalue weighted by molar-refractivity contribution is -0.114. The Balaban J connectivity index is 1.07. The van der Waals surface area contributed by atoms with Crippen LogP contribution in [0.15, 0.2) is 206 Å². The molecule has 0 fully saturated rings. The molecule has 0 aliphatic heterocycles. The number of para-hydroxylation sites is 2. The lowest BCUT2D eigenvalue weighted by atomic mass is 9.96. The van der Waals surface area contributed by atoms with Gasteiger partial charge < -0.3 is 5.11 Å². The highest BCUT2D eigenvalue weighted by atomic mass is 16.3. The molecule has 0 aliphatic carbocycles. The summed E-state index contributed by atoms with van der Waals surface area (Å²) in [6.45, 7) is 1.50. The number of nitrogens with zero attached hydrogens (tertiary/aromatic N) is 5. The molecule has 7 heteroatoms. The van der Waals surface area contributed by atoms with E-state index in [1.54, 1.807) is 0 Å². The standard InChI is InChI=1S/C57H41N5O2/c1-37(63)36-45(64)33-30-38-12-2-5-17-48(38)55-60-56(49-18-8-6-15-46(49)39-22-26-43(27-23-39)53-34-31-41-13-3-10-20-51(41)58-53)62-57(61-55)50-19-9-7-16-47(50)40-24-28-44(29-25-40)54-35-32-42-14-4-11-21-52(42)59-54/h2-29,31-32,34-36,63H,30,33H2,1H3. The Bertz CT molecular complexity index is 3190. The molecular formula is C57H41N5O2. The molecule has 0 spiro atoms. The van der Waals surface area contributed by atoms with Crippen LogP contribution in [0.4, 0.5) is 0 Å². The first kappa shape index (κ1) is 39.7. The summed E-state index contributed by atoms with van der Waals surface area (Å²) < 4.78 is 0. The van der Waals surface area contributed by atoms with Crippen molar-refractivity contribution in [3.8, 4) is 78.9 Å². The largest absolute Gasteiger partial charge is 0.512 e. The number of carbonyl (C=O) groups is 1. The van der Waals surface area contributed by atoms with Gasteiger partial charge in [0.15, 0.2) is 23.3 Å². The van der Waals surface area contributed by atoms with E-state index in [-0.39, 0.29) is 18.0 Å². The molecule has 0 saturated heterocycles. The molecule has 0 radical (unpaired) electrons. The van der Waals surface area contributed by atoms with Crippen LogP contribution in [0, 0.1) is 0 Å². The Labute approximate surface area is 371 Å². The van der Waals surface area contributed by atoms with Crippen molar-refractivity contribution in [1.29, 1.82) is 0 Å². The van der Waals surface area contributed by atoms with E-state index in [2.05, 4.69) is 109 Å². The highest BCUT2D eigenvalue weighted by Gasteiger charge is 2.20. The maximum Gasteiger partial charge on any atom is 0.164 e. The van der Waals surface area contributed by atoms with Crippen LogP contribution in [-0.4, -0.2) is 35.8 Å². The monoisotopic (exact) mass is 827 g/mol. The van der Waals surface area contributed by atoms with E-state index in [0.717, 1.165) is 88.8 Å². The van der Waals surface area contributed by atoms with Gasteiger partial charge in [-0.3, -0.25) is 4.79 Å². The van der Waals surface area contributed by atoms with Crippen molar-refractivity contribution in [3.05, 3.63) is 212 Å². The van der Waals surface area contributed by atoms with Gasteiger partial charge in [-0.25, -0.2) is 24.9 Å². The number of pyridine rings is 2. The van der Waals surface area contributed by atoms with Crippen LogP contribution >= 0.6 is 0 Å². The summed E-state index contributed by atoms with van der Waals surface area (Å²) in [6.07, 6.45) is 1.94. The van der Waals surface area contributed by atoms with E-state index in [1.807, 2.05) is 84.9 Å². The van der Waals surface area contributed by atoms with Gasteiger partial charge in [0.2, 0.25) is 0 Å². The number of hydrogen-bond donors (Lipinski definition) is 1. The van der Waals surface area contributed by atoms with Gasteiger partial charge in [0, 0.05) is 51.1 Å². The predicted octanol–water partition coefficient (Wildman–Crippen LogP) is 13.6. The second kappa shape index (κ2) is 17.5. The number of aliphatic hydroxyl groups excluding tert-OH is 1. The fourth-order valence-corrected chi connectivity index (χ4v) is 8.21. The van der Waals surface area contributed by atoms with Crippen LogP contribution in [0.25, 0.3) is 101 Å². The van der Waals surface area contributed by atoms with Crippen molar-refractivity contribution in [2.45, 2.75) is 19.8 Å². The van der Waals surface area contributed by atoms with Gasteiger partial charge in [-0.2, -0.15) is 0 Å². The maximum atomic E-state index is 12.7. The average Bonchev–Trinajstić information content (AvgIpc) is 3.35. The molecule has 0 bridgehead atoms. The van der Waals surface area contributed by atoms with Gasteiger partial charge in [0.1, 0.15) is 0 Å². The van der Waals surface area contributed by atoms with E-state index in [4.69, 9.17) is 24.9 Å². The summed E-state index contributed by atoms with van der Waals surface area (Å²) in [5.41, 5.74) is 13.2. The maximum absolute atomic E-state index is 12.7. The fraction of sp³-hybridized carbons (Fsp3) is 0.0526. The molecule has 0 aliphatic rings. The smallest absolute Gasteiger partial charge is 0.164 e. The molecule has 0 amide bonds. The van der Waals surface area contributed by atoms with E-state index >= 15 is 0 Å². The fourth-order valence-electron chi connectivity index (χ4n) is 8.21. The molecular weight excluding hydrogens is 787 g/mol. The van der Waals surface area contributed by atoms with Crippen LogP contribution in [-0.2, 0) is 11.2 Å². The SMILES string of the molecule is CC(O)=CC(=O)CCc1ccccc1-c1nc(-c2ccccc2-c2ccc(-c3ccc4ccccc4n3)cc2)nc(-c2ccccc2-c2ccc(-c3ccc4ccccc4n3)cc2)n1. The molecule has 10 rings (SSSR count). The van der Waals surface area contributed by atoms with Crippen molar-refractivity contribution in [1.82, 2.24) is 24.9 Å². The first-order valence-electron chi connectivity index (χ1n) is 21.3. The zero-order valence-electron chi connectivity index (χ0n) is 35.1. The summed E-state index contributed by atoms with van der Waals surface area (Å²) in [5, 5.41) is 12.0. The van der Waals surface area contributed by atoms with Crippen molar-refractivity contribution in [2.75, 3.05) is 0 Å². The third-order valence-corrected chi connectivity index (χ3v) is 11.4. The number of aliphatic hydroxyl groups is 1. The molecule has 1 N–H and O–H groups in total. The molecule has 64 heavy (non-hydrogen) atoms. The van der Waals surface area contributed by atoms with E-state index in [1.165, 1.54) is 13.0 Å². The minimum Gasteiger partial charge on any atom is -0.512 e. The number of aromatic nitrogens is 5. The van der Waals surface area contributed by atoms with Crippen LogP contribution in [0.5, 0.6) is 0 Å². The first-order chi connectivity index (χ1) is 31.4. The lowest BCUT2D eigenvalue weighted by Crippen LogP contribution is -2.04. The Morgan fingerprint density at radius 3 is 1.30 bits per heavy atom. The topological polar surface area (TPSA) is 102 Å². The molecule has 3 aromatic heterocycles. The predicted molar refractivity (Wildman–Crippen MR) is 258 cm³/mol. The summed E-state index contributed by atoms with van der Waals surface area (Å²) in [6, 6.07) is 65.8. The summed E-state index contributed by atoms with van der Waals surface area (Å²) in [7, 11) is 0. The Hall–Kier alpha value is -8.42. The van der Waals surface area contributed by atoms with E-state index in [9.17, 15) is 9.90 Å². The molecule has 306 valence electrons. The van der Waals surface area contributed by atoms with Crippen LogP contribution in [0.2, 0.25) is 0 Å². The average molecular weight is 828 g/mol. The number of rotatable bonds is 11. The quantitative estimate of drug-likeness (QED) is 0.102. The number of allylic oxidation sites excluding steroid dienone is 2. The number of fused-ring (bicyclic) bond motifs is 2. The summed E-state index contributed by atoms with van der Waals surface area (Å²) in [5.74, 6) is 1.38. The third kappa shape index (κ3) is 8.30. The number of benzene rings is 7. The number of carbonyl (C=O) groups excluding carboxylic acids is 1. The molecule has 7 aromatic carbocycles. The minimum absolute atomic E-state index is 0.0117. The first-order valence-corrected chi connectivity index (χ1v) is 21.3. The van der Waals surface area contributed by atoms with Gasteiger partial charge in [-0.1, -0.05) is 170 Å². The second-order valence-corrected chi connectivity index (χ2v) is 15.7.